The quantitative estimate of drug-likeness (QED) is 0.652. The van der Waals surface area contributed by atoms with Crippen molar-refractivity contribution in [2.75, 3.05) is 45.2 Å². The Hall–Kier alpha value is -2.84. The average molecular weight is 464 g/mol. The van der Waals surface area contributed by atoms with E-state index in [4.69, 9.17) is 9.97 Å². The summed E-state index contributed by atoms with van der Waals surface area (Å²) in [7, 11) is 3.46. The Bertz CT molecular complexity index is 983. The lowest BCUT2D eigenvalue weighted by atomic mass is 9.99. The van der Waals surface area contributed by atoms with Crippen molar-refractivity contribution >= 4 is 11.8 Å². The van der Waals surface area contributed by atoms with Crippen LogP contribution in [0.2, 0.25) is 0 Å². The van der Waals surface area contributed by atoms with Gasteiger partial charge in [-0.2, -0.15) is 13.2 Å². The fraction of sp³-hybridized carbons (Fsp3) is 0.542. The molecule has 2 heterocycles. The summed E-state index contributed by atoms with van der Waals surface area (Å²) in [6, 6.07) is 5.41. The predicted octanol–water partition coefficient (Wildman–Crippen LogP) is 4.58. The molecule has 1 aliphatic rings. The number of aryl methyl sites for hydroxylation is 1. The number of anilines is 1. The van der Waals surface area contributed by atoms with Gasteiger partial charge in [-0.05, 0) is 18.1 Å². The third-order valence-corrected chi connectivity index (χ3v) is 5.81. The zero-order valence-corrected chi connectivity index (χ0v) is 19.9. The van der Waals surface area contributed by atoms with E-state index in [1.807, 2.05) is 20.8 Å². The van der Waals surface area contributed by atoms with E-state index in [9.17, 15) is 18.0 Å². The summed E-state index contributed by atoms with van der Waals surface area (Å²) in [5.74, 6) is 1.61. The number of amides is 2. The monoisotopic (exact) mass is 463 g/mol. The number of carbonyl (C=O) groups excluding carboxylic acids is 1. The molecular weight excluding hydrogens is 431 g/mol. The van der Waals surface area contributed by atoms with E-state index in [-0.39, 0.29) is 11.9 Å². The molecule has 1 saturated heterocycles. The first-order valence-corrected chi connectivity index (χ1v) is 11.3. The summed E-state index contributed by atoms with van der Waals surface area (Å²) in [4.78, 5) is 27.4. The molecule has 0 N–H and O–H groups in total. The molecule has 1 aliphatic heterocycles. The summed E-state index contributed by atoms with van der Waals surface area (Å²) in [5, 5.41) is 0. The molecule has 0 unspecified atom stereocenters. The molecule has 1 aromatic heterocycles. The van der Waals surface area contributed by atoms with Gasteiger partial charge in [0, 0.05) is 63.9 Å². The van der Waals surface area contributed by atoms with Crippen molar-refractivity contribution in [1.29, 1.82) is 0 Å². The highest BCUT2D eigenvalue weighted by Gasteiger charge is 2.31. The van der Waals surface area contributed by atoms with Crippen molar-refractivity contribution in [2.45, 2.75) is 45.7 Å². The van der Waals surface area contributed by atoms with Crippen LogP contribution in [0.1, 0.15) is 54.9 Å². The first kappa shape index (κ1) is 24.8. The summed E-state index contributed by atoms with van der Waals surface area (Å²) < 4.78 is 39.8. The Morgan fingerprint density at radius 1 is 1.12 bits per heavy atom. The zero-order chi connectivity index (χ0) is 24.3. The van der Waals surface area contributed by atoms with Crippen molar-refractivity contribution in [3.8, 4) is 0 Å². The second-order valence-corrected chi connectivity index (χ2v) is 8.86. The van der Waals surface area contributed by atoms with E-state index in [0.29, 0.717) is 44.6 Å². The molecule has 0 bridgehead atoms. The fourth-order valence-corrected chi connectivity index (χ4v) is 3.98. The van der Waals surface area contributed by atoms with Gasteiger partial charge < -0.3 is 14.7 Å². The van der Waals surface area contributed by atoms with Crippen LogP contribution in [0.15, 0.2) is 24.3 Å². The fourth-order valence-electron chi connectivity index (χ4n) is 3.98. The number of benzene rings is 1. The van der Waals surface area contributed by atoms with Gasteiger partial charge in [-0.25, -0.2) is 14.8 Å². The maximum absolute atomic E-state index is 13.3. The third-order valence-electron chi connectivity index (χ3n) is 5.81. The lowest BCUT2D eigenvalue weighted by molar-refractivity contribution is -0.137. The summed E-state index contributed by atoms with van der Waals surface area (Å²) in [6.45, 7) is 8.38. The number of urea groups is 1. The Morgan fingerprint density at radius 3 is 2.33 bits per heavy atom. The largest absolute Gasteiger partial charge is 0.416 e. The van der Waals surface area contributed by atoms with Gasteiger partial charge in [-0.15, -0.1) is 0 Å². The molecule has 0 aliphatic carbocycles. The molecule has 2 aromatic rings. The second kappa shape index (κ2) is 9.97. The molecule has 180 valence electrons. The molecular formula is C24H32F3N5O. The van der Waals surface area contributed by atoms with Crippen molar-refractivity contribution in [1.82, 2.24) is 19.8 Å². The van der Waals surface area contributed by atoms with Crippen LogP contribution in [0, 0.1) is 0 Å². The van der Waals surface area contributed by atoms with Crippen LogP contribution in [-0.2, 0) is 19.0 Å². The lowest BCUT2D eigenvalue weighted by Gasteiger charge is -2.37. The topological polar surface area (TPSA) is 52.6 Å². The van der Waals surface area contributed by atoms with E-state index in [1.165, 1.54) is 12.1 Å². The Morgan fingerprint density at radius 2 is 1.79 bits per heavy atom. The zero-order valence-electron chi connectivity index (χ0n) is 19.9. The van der Waals surface area contributed by atoms with Gasteiger partial charge in [0.1, 0.15) is 11.6 Å². The number of carbonyl (C=O) groups is 1. The molecule has 0 saturated carbocycles. The normalized spacial score (nSPS) is 14.7. The Balaban J connectivity index is 1.98. The number of nitrogens with zero attached hydrogens (tertiary/aromatic N) is 5. The van der Waals surface area contributed by atoms with Gasteiger partial charge >= 0.3 is 12.2 Å². The minimum Gasteiger partial charge on any atom is -0.353 e. The first-order chi connectivity index (χ1) is 15.5. The van der Waals surface area contributed by atoms with Gasteiger partial charge in [-0.3, -0.25) is 0 Å². The van der Waals surface area contributed by atoms with E-state index >= 15 is 0 Å². The van der Waals surface area contributed by atoms with Gasteiger partial charge in [0.05, 0.1) is 5.56 Å². The summed E-state index contributed by atoms with van der Waals surface area (Å²) >= 11 is 0. The van der Waals surface area contributed by atoms with Crippen LogP contribution in [0.5, 0.6) is 0 Å². The number of hydrogen-bond acceptors (Lipinski definition) is 4. The number of piperazine rings is 1. The lowest BCUT2D eigenvalue weighted by Crippen LogP contribution is -2.52. The predicted molar refractivity (Wildman–Crippen MR) is 123 cm³/mol. The molecule has 1 aromatic carbocycles. The maximum atomic E-state index is 13.3. The van der Waals surface area contributed by atoms with Crippen molar-refractivity contribution in [3.63, 3.8) is 0 Å². The van der Waals surface area contributed by atoms with Crippen molar-refractivity contribution < 1.29 is 18.0 Å². The first-order valence-electron chi connectivity index (χ1n) is 11.3. The number of hydrogen-bond donors (Lipinski definition) is 0. The smallest absolute Gasteiger partial charge is 0.353 e. The number of halogens is 3. The summed E-state index contributed by atoms with van der Waals surface area (Å²) in [6.07, 6.45) is -3.42. The molecule has 33 heavy (non-hydrogen) atoms. The molecule has 3 rings (SSSR count). The number of aromatic nitrogens is 2. The van der Waals surface area contributed by atoms with Gasteiger partial charge in [0.15, 0.2) is 0 Å². The van der Waals surface area contributed by atoms with Gasteiger partial charge in [0.2, 0.25) is 0 Å². The minimum atomic E-state index is -4.39. The molecule has 9 heteroatoms. The SMILES string of the molecule is CCc1nc(C(C)C)nc(N2CCN(C(=O)N(C)C)CC2)c1Cc1cccc(C(F)(F)F)c1. The van der Waals surface area contributed by atoms with Gasteiger partial charge in [-0.1, -0.05) is 39.0 Å². The molecule has 0 radical (unpaired) electrons. The van der Waals surface area contributed by atoms with E-state index in [1.54, 1.807) is 30.0 Å². The number of rotatable bonds is 5. The Kier molecular flexibility index (Phi) is 7.49. The van der Waals surface area contributed by atoms with Crippen molar-refractivity contribution in [3.05, 3.63) is 52.5 Å². The standard InChI is InChI=1S/C24H32F3N5O/c1-6-20-19(15-17-8-7-9-18(14-17)24(25,26)27)22(29-21(28-20)16(2)3)31-10-12-32(13-11-31)23(33)30(4)5/h7-9,14,16H,6,10-13,15H2,1-5H3. The minimum absolute atomic E-state index is 0.0290. The van der Waals surface area contributed by atoms with E-state index in [0.717, 1.165) is 29.0 Å². The number of alkyl halides is 3. The van der Waals surface area contributed by atoms with Crippen LogP contribution < -0.4 is 4.90 Å². The van der Waals surface area contributed by atoms with E-state index in [2.05, 4.69) is 4.90 Å². The van der Waals surface area contributed by atoms with Crippen LogP contribution in [0.3, 0.4) is 0 Å². The van der Waals surface area contributed by atoms with Crippen LogP contribution >= 0.6 is 0 Å². The average Bonchev–Trinajstić information content (AvgIpc) is 2.78. The second-order valence-electron chi connectivity index (χ2n) is 8.86. The summed E-state index contributed by atoms with van der Waals surface area (Å²) in [5.41, 5.74) is 1.62. The highest BCUT2D eigenvalue weighted by molar-refractivity contribution is 5.74. The molecule has 0 atom stereocenters. The highest BCUT2D eigenvalue weighted by Crippen LogP contribution is 2.32. The molecule has 0 spiro atoms. The van der Waals surface area contributed by atoms with Crippen molar-refractivity contribution in [2.24, 2.45) is 0 Å². The molecule has 1 fully saturated rings. The molecule has 6 nitrogen and oxygen atoms in total. The Labute approximate surface area is 193 Å². The van der Waals surface area contributed by atoms with Crippen LogP contribution in [-0.4, -0.2) is 66.1 Å². The molecule has 2 amide bonds. The van der Waals surface area contributed by atoms with Crippen LogP contribution in [0.4, 0.5) is 23.8 Å². The maximum Gasteiger partial charge on any atom is 0.416 e. The highest BCUT2D eigenvalue weighted by atomic mass is 19.4. The van der Waals surface area contributed by atoms with Crippen LogP contribution in [0.25, 0.3) is 0 Å². The van der Waals surface area contributed by atoms with E-state index < -0.39 is 11.7 Å². The third kappa shape index (κ3) is 5.75. The van der Waals surface area contributed by atoms with Gasteiger partial charge in [0.25, 0.3) is 0 Å².